The molecular weight excluding hydrogens is 454 g/mol. The molecule has 1 aromatic heterocycles. The molecule has 1 N–H and O–H groups in total. The van der Waals surface area contributed by atoms with Gasteiger partial charge in [0.05, 0.1) is 0 Å². The molecular formula is C26H28ClN3O4. The lowest BCUT2D eigenvalue weighted by atomic mass is 9.84. The van der Waals surface area contributed by atoms with Crippen molar-refractivity contribution in [3.8, 4) is 0 Å². The van der Waals surface area contributed by atoms with Crippen molar-refractivity contribution in [2.75, 3.05) is 13.1 Å². The molecule has 7 nitrogen and oxygen atoms in total. The molecule has 2 aromatic rings. The Bertz CT molecular complexity index is 1220. The Kier molecular flexibility index (Phi) is 6.75. The van der Waals surface area contributed by atoms with Gasteiger partial charge in [-0.1, -0.05) is 43.7 Å². The van der Waals surface area contributed by atoms with Crippen LogP contribution < -0.4 is 10.9 Å². The summed E-state index contributed by atoms with van der Waals surface area (Å²) in [7, 11) is 0. The molecule has 2 amide bonds. The number of amides is 2. The van der Waals surface area contributed by atoms with Gasteiger partial charge in [0.2, 0.25) is 5.91 Å². The molecule has 0 saturated carbocycles. The van der Waals surface area contributed by atoms with Crippen LogP contribution >= 0.6 is 11.6 Å². The summed E-state index contributed by atoms with van der Waals surface area (Å²) in [5.41, 5.74) is 0.980. The highest BCUT2D eigenvalue weighted by atomic mass is 35.5. The first kappa shape index (κ1) is 24.0. The molecule has 0 spiro atoms. The van der Waals surface area contributed by atoms with Crippen LogP contribution in [0.4, 0.5) is 0 Å². The van der Waals surface area contributed by atoms with Crippen molar-refractivity contribution < 1.29 is 14.4 Å². The number of ketones is 1. The number of pyridine rings is 1. The van der Waals surface area contributed by atoms with Gasteiger partial charge >= 0.3 is 0 Å². The minimum absolute atomic E-state index is 0.0552. The van der Waals surface area contributed by atoms with Crippen LogP contribution in [0.2, 0.25) is 5.02 Å². The predicted molar refractivity (Wildman–Crippen MR) is 130 cm³/mol. The van der Waals surface area contributed by atoms with Gasteiger partial charge in [-0.2, -0.15) is 0 Å². The second kappa shape index (κ2) is 9.58. The van der Waals surface area contributed by atoms with Crippen LogP contribution in [0.25, 0.3) is 0 Å². The summed E-state index contributed by atoms with van der Waals surface area (Å²) >= 11 is 5.91. The van der Waals surface area contributed by atoms with Gasteiger partial charge in [0.1, 0.15) is 12.1 Å². The molecule has 1 fully saturated rings. The van der Waals surface area contributed by atoms with Gasteiger partial charge in [-0.25, -0.2) is 0 Å². The van der Waals surface area contributed by atoms with Crippen molar-refractivity contribution in [1.82, 2.24) is 14.8 Å². The zero-order valence-corrected chi connectivity index (χ0v) is 20.2. The number of carbonyl (C=O) groups is 3. The molecule has 4 rings (SSSR count). The fourth-order valence-corrected chi connectivity index (χ4v) is 4.59. The third-order valence-corrected chi connectivity index (χ3v) is 6.47. The first-order valence-corrected chi connectivity index (χ1v) is 11.8. The van der Waals surface area contributed by atoms with E-state index in [0.717, 1.165) is 12.0 Å². The monoisotopic (exact) mass is 481 g/mol. The lowest BCUT2D eigenvalue weighted by molar-refractivity contribution is -0.142. The second-order valence-electron chi connectivity index (χ2n) is 9.69. The zero-order valence-electron chi connectivity index (χ0n) is 19.4. The number of benzene rings is 1. The van der Waals surface area contributed by atoms with E-state index >= 15 is 0 Å². The van der Waals surface area contributed by atoms with E-state index < -0.39 is 11.5 Å². The molecule has 178 valence electrons. The standard InChI is InChI=1S/C26H28ClN3O4/c1-26(2)15-29(16-26)23(32)14-30-21-6-4-3-5-7-22(31)19(21)12-20(25(30)34)24(33)28-13-17-8-10-18(27)11-9-17/h5,7-12H,3-4,6,13-16H2,1-2H3,(H,28,33)/b7-5-. The van der Waals surface area contributed by atoms with Crippen molar-refractivity contribution in [2.45, 2.75) is 46.2 Å². The van der Waals surface area contributed by atoms with Gasteiger partial charge in [-0.15, -0.1) is 0 Å². The third-order valence-electron chi connectivity index (χ3n) is 6.21. The van der Waals surface area contributed by atoms with Crippen molar-refractivity contribution in [3.63, 3.8) is 0 Å². The Morgan fingerprint density at radius 1 is 1.12 bits per heavy atom. The van der Waals surface area contributed by atoms with Gasteiger partial charge in [-0.3, -0.25) is 19.2 Å². The fourth-order valence-electron chi connectivity index (χ4n) is 4.46. The lowest BCUT2D eigenvalue weighted by Crippen LogP contribution is -2.56. The quantitative estimate of drug-likeness (QED) is 0.709. The van der Waals surface area contributed by atoms with Crippen LogP contribution in [-0.4, -0.2) is 40.2 Å². The van der Waals surface area contributed by atoms with E-state index in [4.69, 9.17) is 11.6 Å². The van der Waals surface area contributed by atoms with Crippen molar-refractivity contribution in [3.05, 3.63) is 80.2 Å². The third kappa shape index (κ3) is 5.14. The number of nitrogens with zero attached hydrogens (tertiary/aromatic N) is 2. The summed E-state index contributed by atoms with van der Waals surface area (Å²) in [6.07, 6.45) is 5.20. The topological polar surface area (TPSA) is 88.5 Å². The van der Waals surface area contributed by atoms with Gasteiger partial charge in [0.15, 0.2) is 5.78 Å². The van der Waals surface area contributed by atoms with Crippen LogP contribution in [0.5, 0.6) is 0 Å². The Morgan fingerprint density at radius 2 is 1.82 bits per heavy atom. The number of halogens is 1. The Labute approximate surface area is 203 Å². The zero-order chi connectivity index (χ0) is 24.5. The number of aromatic nitrogens is 1. The number of hydrogen-bond acceptors (Lipinski definition) is 4. The van der Waals surface area contributed by atoms with Gasteiger partial charge in [-0.05, 0) is 54.5 Å². The van der Waals surface area contributed by atoms with E-state index in [1.165, 1.54) is 16.7 Å². The van der Waals surface area contributed by atoms with Gasteiger partial charge in [0.25, 0.3) is 11.5 Å². The molecule has 8 heteroatoms. The normalized spacial score (nSPS) is 17.7. The van der Waals surface area contributed by atoms with Crippen LogP contribution in [0.1, 0.15) is 58.7 Å². The van der Waals surface area contributed by atoms with E-state index in [-0.39, 0.29) is 35.8 Å². The maximum Gasteiger partial charge on any atom is 0.264 e. The smallest absolute Gasteiger partial charge is 0.264 e. The molecule has 1 saturated heterocycles. The first-order valence-electron chi connectivity index (χ1n) is 11.4. The van der Waals surface area contributed by atoms with Crippen molar-refractivity contribution in [1.29, 1.82) is 0 Å². The molecule has 2 aliphatic rings. The minimum Gasteiger partial charge on any atom is -0.348 e. The van der Waals surface area contributed by atoms with Gasteiger partial charge < -0.3 is 14.8 Å². The Balaban J connectivity index is 1.67. The maximum absolute atomic E-state index is 13.4. The summed E-state index contributed by atoms with van der Waals surface area (Å²) in [5, 5.41) is 3.33. The molecule has 0 radical (unpaired) electrons. The van der Waals surface area contributed by atoms with E-state index in [1.807, 2.05) is 0 Å². The van der Waals surface area contributed by atoms with Crippen molar-refractivity contribution >= 4 is 29.2 Å². The Hall–Kier alpha value is -3.19. The average Bonchev–Trinajstić information content (AvgIpc) is 2.77. The van der Waals surface area contributed by atoms with E-state index in [2.05, 4.69) is 19.2 Å². The number of carbonyl (C=O) groups excluding carboxylic acids is 3. The van der Waals surface area contributed by atoms with E-state index in [0.29, 0.717) is 42.2 Å². The molecule has 0 atom stereocenters. The summed E-state index contributed by atoms with van der Waals surface area (Å²) in [4.78, 5) is 53.9. The van der Waals surface area contributed by atoms with Crippen LogP contribution in [-0.2, 0) is 24.3 Å². The predicted octanol–water partition coefficient (Wildman–Crippen LogP) is 3.38. The maximum atomic E-state index is 13.4. The highest BCUT2D eigenvalue weighted by Crippen LogP contribution is 2.29. The lowest BCUT2D eigenvalue weighted by Gasteiger charge is -2.46. The highest BCUT2D eigenvalue weighted by Gasteiger charge is 2.37. The van der Waals surface area contributed by atoms with Crippen LogP contribution in [0.3, 0.4) is 0 Å². The Morgan fingerprint density at radius 3 is 2.50 bits per heavy atom. The largest absolute Gasteiger partial charge is 0.348 e. The summed E-state index contributed by atoms with van der Waals surface area (Å²) in [6.45, 7) is 5.40. The van der Waals surface area contributed by atoms with E-state index in [1.54, 1.807) is 35.2 Å². The molecule has 1 aliphatic heterocycles. The summed E-state index contributed by atoms with van der Waals surface area (Å²) < 4.78 is 1.33. The number of hydrogen-bond donors (Lipinski definition) is 1. The minimum atomic E-state index is -0.590. The van der Waals surface area contributed by atoms with Crippen LogP contribution in [0.15, 0.2) is 47.3 Å². The fraction of sp³-hybridized carbons (Fsp3) is 0.385. The number of likely N-dealkylation sites (tertiary alicyclic amines) is 1. The number of allylic oxidation sites excluding steroid dienone is 2. The SMILES string of the molecule is CC1(C)CN(C(=O)Cn2c3c(cc(C(=O)NCc4ccc(Cl)cc4)c2=O)C(=O)/C=C\CCC3)C1. The van der Waals surface area contributed by atoms with Crippen molar-refractivity contribution in [2.24, 2.45) is 5.41 Å². The average molecular weight is 482 g/mol. The molecule has 1 aromatic carbocycles. The first-order chi connectivity index (χ1) is 16.1. The highest BCUT2D eigenvalue weighted by molar-refractivity contribution is 6.30. The molecule has 0 bridgehead atoms. The number of nitrogens with one attached hydrogen (secondary N) is 1. The molecule has 1 aliphatic carbocycles. The molecule has 0 unspecified atom stereocenters. The summed E-state index contributed by atoms with van der Waals surface area (Å²) in [6, 6.07) is 8.37. The van der Waals surface area contributed by atoms with Gasteiger partial charge in [0, 0.05) is 35.9 Å². The number of rotatable bonds is 5. The second-order valence-corrected chi connectivity index (χ2v) is 10.1. The van der Waals surface area contributed by atoms with Crippen LogP contribution in [0, 0.1) is 5.41 Å². The summed E-state index contributed by atoms with van der Waals surface area (Å²) in [5.74, 6) is -1.05. The number of fused-ring (bicyclic) bond motifs is 1. The van der Waals surface area contributed by atoms with E-state index in [9.17, 15) is 19.2 Å². The molecule has 2 heterocycles. The molecule has 34 heavy (non-hydrogen) atoms.